The number of thiazole rings is 1. The summed E-state index contributed by atoms with van der Waals surface area (Å²) in [5.41, 5.74) is 4.97. The van der Waals surface area contributed by atoms with Crippen LogP contribution in [0.3, 0.4) is 0 Å². The van der Waals surface area contributed by atoms with Gasteiger partial charge in [0.15, 0.2) is 5.13 Å². The summed E-state index contributed by atoms with van der Waals surface area (Å²) < 4.78 is 0. The van der Waals surface area contributed by atoms with Gasteiger partial charge in [-0.25, -0.2) is 4.98 Å². The van der Waals surface area contributed by atoms with E-state index in [9.17, 15) is 4.79 Å². The number of rotatable bonds is 4. The Bertz CT molecular complexity index is 910. The number of amides is 1. The van der Waals surface area contributed by atoms with E-state index < -0.39 is 0 Å². The van der Waals surface area contributed by atoms with Crippen molar-refractivity contribution >= 4 is 39.8 Å². The van der Waals surface area contributed by atoms with Crippen LogP contribution in [0.15, 0.2) is 47.2 Å². The van der Waals surface area contributed by atoms with E-state index in [1.165, 1.54) is 41.7 Å². The third-order valence-electron chi connectivity index (χ3n) is 4.32. The van der Waals surface area contributed by atoms with Crippen LogP contribution in [0, 0.1) is 0 Å². The van der Waals surface area contributed by atoms with Gasteiger partial charge in [-0.1, -0.05) is 18.2 Å². The van der Waals surface area contributed by atoms with Crippen molar-refractivity contribution < 1.29 is 4.79 Å². The number of anilines is 1. The molecule has 2 aromatic heterocycles. The summed E-state index contributed by atoms with van der Waals surface area (Å²) in [6.45, 7) is 0. The minimum Gasteiger partial charge on any atom is -0.298 e. The molecular formula is C20H18N2OS2. The first-order chi connectivity index (χ1) is 12.3. The van der Waals surface area contributed by atoms with Crippen molar-refractivity contribution in [2.45, 2.75) is 25.7 Å². The molecule has 1 aromatic carbocycles. The zero-order valence-corrected chi connectivity index (χ0v) is 15.3. The van der Waals surface area contributed by atoms with Crippen molar-refractivity contribution in [3.63, 3.8) is 0 Å². The van der Waals surface area contributed by atoms with Gasteiger partial charge in [0.25, 0.3) is 0 Å². The van der Waals surface area contributed by atoms with Crippen LogP contribution < -0.4 is 5.32 Å². The SMILES string of the molecule is O=C(/C=C/c1cccs1)Nc1nc(-c2ccc3c(c2)CCCC3)cs1. The molecule has 1 aliphatic rings. The normalized spacial score (nSPS) is 13.8. The monoisotopic (exact) mass is 366 g/mol. The van der Waals surface area contributed by atoms with Crippen molar-refractivity contribution in [1.82, 2.24) is 4.98 Å². The highest BCUT2D eigenvalue weighted by atomic mass is 32.1. The molecule has 0 atom stereocenters. The Morgan fingerprint density at radius 2 is 2.00 bits per heavy atom. The molecule has 0 saturated carbocycles. The first kappa shape index (κ1) is 16.2. The van der Waals surface area contributed by atoms with Gasteiger partial charge in [0.1, 0.15) is 0 Å². The molecule has 0 unspecified atom stereocenters. The van der Waals surface area contributed by atoms with Gasteiger partial charge < -0.3 is 0 Å². The van der Waals surface area contributed by atoms with Gasteiger partial charge in [0.2, 0.25) is 5.91 Å². The fraction of sp³-hybridized carbons (Fsp3) is 0.200. The van der Waals surface area contributed by atoms with Crippen LogP contribution in [0.2, 0.25) is 0 Å². The summed E-state index contributed by atoms with van der Waals surface area (Å²) >= 11 is 3.06. The molecule has 1 N–H and O–H groups in total. The maximum atomic E-state index is 12.0. The first-order valence-corrected chi connectivity index (χ1v) is 10.1. The van der Waals surface area contributed by atoms with E-state index in [4.69, 9.17) is 0 Å². The molecule has 2 heterocycles. The van der Waals surface area contributed by atoms with Gasteiger partial charge in [-0.05, 0) is 60.4 Å². The van der Waals surface area contributed by atoms with E-state index in [1.54, 1.807) is 17.4 Å². The largest absolute Gasteiger partial charge is 0.298 e. The van der Waals surface area contributed by atoms with Crippen LogP contribution in [0.5, 0.6) is 0 Å². The lowest BCUT2D eigenvalue weighted by molar-refractivity contribution is -0.111. The quantitative estimate of drug-likeness (QED) is 0.628. The second kappa shape index (κ2) is 7.33. The van der Waals surface area contributed by atoms with Gasteiger partial charge in [-0.3, -0.25) is 10.1 Å². The average Bonchev–Trinajstić information content (AvgIpc) is 3.31. The molecule has 0 radical (unpaired) electrons. The molecule has 0 bridgehead atoms. The van der Waals surface area contributed by atoms with Crippen LogP contribution in [0.4, 0.5) is 5.13 Å². The number of nitrogens with zero attached hydrogens (tertiary/aromatic N) is 1. The lowest BCUT2D eigenvalue weighted by Gasteiger charge is -2.16. The summed E-state index contributed by atoms with van der Waals surface area (Å²) in [4.78, 5) is 17.6. The van der Waals surface area contributed by atoms with Crippen molar-refractivity contribution in [1.29, 1.82) is 0 Å². The van der Waals surface area contributed by atoms with Crippen LogP contribution in [-0.4, -0.2) is 10.9 Å². The highest BCUT2D eigenvalue weighted by molar-refractivity contribution is 7.14. The lowest BCUT2D eigenvalue weighted by Crippen LogP contribution is -2.07. The highest BCUT2D eigenvalue weighted by Crippen LogP contribution is 2.29. The molecule has 0 spiro atoms. The van der Waals surface area contributed by atoms with Gasteiger partial charge in [0.05, 0.1) is 5.69 Å². The van der Waals surface area contributed by atoms with Gasteiger partial charge in [-0.2, -0.15) is 0 Å². The fourth-order valence-electron chi connectivity index (χ4n) is 3.05. The number of aryl methyl sites for hydroxylation is 2. The van der Waals surface area contributed by atoms with E-state index in [0.717, 1.165) is 22.6 Å². The number of hydrogen-bond donors (Lipinski definition) is 1. The summed E-state index contributed by atoms with van der Waals surface area (Å²) in [5.74, 6) is -0.153. The molecular weight excluding hydrogens is 348 g/mol. The third-order valence-corrected chi connectivity index (χ3v) is 5.92. The fourth-order valence-corrected chi connectivity index (χ4v) is 4.39. The second-order valence-electron chi connectivity index (χ2n) is 6.07. The summed E-state index contributed by atoms with van der Waals surface area (Å²) in [5, 5.41) is 7.47. The molecule has 3 aromatic rings. The maximum Gasteiger partial charge on any atom is 0.250 e. The molecule has 1 aliphatic carbocycles. The Labute approximate surface area is 155 Å². The van der Waals surface area contributed by atoms with E-state index in [2.05, 4.69) is 28.5 Å². The van der Waals surface area contributed by atoms with E-state index >= 15 is 0 Å². The number of carbonyl (C=O) groups is 1. The standard InChI is InChI=1S/C20H18N2OS2/c23-19(10-9-17-6-3-11-24-17)22-20-21-18(13-25-20)16-8-7-14-4-1-2-5-15(14)12-16/h3,6-13H,1-2,4-5H2,(H,21,22,23)/b10-9+. The van der Waals surface area contributed by atoms with Crippen molar-refractivity contribution in [3.05, 3.63) is 63.2 Å². The number of hydrogen-bond acceptors (Lipinski definition) is 4. The van der Waals surface area contributed by atoms with E-state index in [0.29, 0.717) is 5.13 Å². The van der Waals surface area contributed by atoms with Crippen molar-refractivity contribution in [3.8, 4) is 11.3 Å². The lowest BCUT2D eigenvalue weighted by atomic mass is 9.90. The highest BCUT2D eigenvalue weighted by Gasteiger charge is 2.12. The number of thiophene rings is 1. The molecule has 25 heavy (non-hydrogen) atoms. The Hall–Kier alpha value is -2.24. The molecule has 3 nitrogen and oxygen atoms in total. The summed E-state index contributed by atoms with van der Waals surface area (Å²) in [6.07, 6.45) is 8.27. The van der Waals surface area contributed by atoms with E-state index in [1.807, 2.05) is 29.0 Å². The molecule has 126 valence electrons. The minimum absolute atomic E-state index is 0.153. The van der Waals surface area contributed by atoms with Crippen LogP contribution in [-0.2, 0) is 17.6 Å². The topological polar surface area (TPSA) is 42.0 Å². The number of nitrogens with one attached hydrogen (secondary N) is 1. The number of benzene rings is 1. The summed E-state index contributed by atoms with van der Waals surface area (Å²) in [7, 11) is 0. The van der Waals surface area contributed by atoms with Crippen LogP contribution in [0.1, 0.15) is 28.8 Å². The zero-order chi connectivity index (χ0) is 17.1. The van der Waals surface area contributed by atoms with Gasteiger partial charge in [-0.15, -0.1) is 22.7 Å². The molecule has 5 heteroatoms. The predicted molar refractivity (Wildman–Crippen MR) is 106 cm³/mol. The van der Waals surface area contributed by atoms with Gasteiger partial charge >= 0.3 is 0 Å². The Morgan fingerprint density at radius 3 is 2.84 bits per heavy atom. The zero-order valence-electron chi connectivity index (χ0n) is 13.7. The summed E-state index contributed by atoms with van der Waals surface area (Å²) in [6, 6.07) is 10.6. The smallest absolute Gasteiger partial charge is 0.250 e. The average molecular weight is 367 g/mol. The predicted octanol–water partition coefficient (Wildman–Crippen LogP) is 5.40. The number of carbonyl (C=O) groups excluding carboxylic acids is 1. The first-order valence-electron chi connectivity index (χ1n) is 8.38. The number of aromatic nitrogens is 1. The molecule has 0 aliphatic heterocycles. The number of fused-ring (bicyclic) bond motifs is 1. The van der Waals surface area contributed by atoms with Crippen molar-refractivity contribution in [2.75, 3.05) is 5.32 Å². The molecule has 1 amide bonds. The maximum absolute atomic E-state index is 12.0. The van der Waals surface area contributed by atoms with Crippen LogP contribution in [0.25, 0.3) is 17.3 Å². The molecule has 0 fully saturated rings. The van der Waals surface area contributed by atoms with E-state index in [-0.39, 0.29) is 5.91 Å². The Kier molecular flexibility index (Phi) is 4.76. The van der Waals surface area contributed by atoms with Crippen LogP contribution >= 0.6 is 22.7 Å². The van der Waals surface area contributed by atoms with Gasteiger partial charge in [0, 0.05) is 21.9 Å². The second-order valence-corrected chi connectivity index (χ2v) is 7.90. The Balaban J connectivity index is 1.46. The molecule has 4 rings (SSSR count). The molecule has 0 saturated heterocycles. The van der Waals surface area contributed by atoms with Crippen molar-refractivity contribution in [2.24, 2.45) is 0 Å². The Morgan fingerprint density at radius 1 is 1.12 bits per heavy atom. The third kappa shape index (κ3) is 3.89. The minimum atomic E-state index is -0.153.